The van der Waals surface area contributed by atoms with Crippen LogP contribution in [0, 0.1) is 6.92 Å². The fourth-order valence-corrected chi connectivity index (χ4v) is 4.69. The van der Waals surface area contributed by atoms with Crippen LogP contribution in [-0.2, 0) is 11.8 Å². The number of hydrogen-bond acceptors (Lipinski definition) is 5. The third-order valence-electron chi connectivity index (χ3n) is 5.02. The van der Waals surface area contributed by atoms with Gasteiger partial charge in [-0.15, -0.1) is 0 Å². The summed E-state index contributed by atoms with van der Waals surface area (Å²) < 4.78 is 3.37. The van der Waals surface area contributed by atoms with Crippen LogP contribution in [0.25, 0.3) is 11.8 Å². The van der Waals surface area contributed by atoms with Crippen LogP contribution in [0.3, 0.4) is 0 Å². The summed E-state index contributed by atoms with van der Waals surface area (Å²) in [7, 11) is 1.74. The molecule has 3 aromatic rings. The third kappa shape index (κ3) is 3.51. The van der Waals surface area contributed by atoms with Crippen LogP contribution < -0.4 is 10.5 Å². The number of aromatic carboxylic acids is 1. The van der Waals surface area contributed by atoms with E-state index in [9.17, 15) is 19.5 Å². The standard InChI is InChI=1S/C22H17N3O4S2/c1-13-18(20(27)25(23(13)2)15-9-4-3-5-10-15)24-19(26)17(31-22(24)30)12-14-8-6-7-11-16(14)21(28)29/h3-12H,1-2H3,(H,28,29)/b17-12+. The lowest BCUT2D eigenvalue weighted by molar-refractivity contribution is -0.113. The molecule has 0 bridgehead atoms. The molecule has 4 rings (SSSR count). The number of thiocarbonyl (C=S) groups is 1. The molecule has 1 aliphatic rings. The SMILES string of the molecule is Cc1c(N2C(=O)/C(=C\c3ccccc3C(=O)O)SC2=S)c(=O)n(-c2ccccc2)n1C. The number of carbonyl (C=O) groups is 2. The molecule has 1 aliphatic heterocycles. The maximum atomic E-state index is 13.3. The van der Waals surface area contributed by atoms with Gasteiger partial charge in [0.15, 0.2) is 4.32 Å². The van der Waals surface area contributed by atoms with Gasteiger partial charge < -0.3 is 5.11 Å². The predicted molar refractivity (Wildman–Crippen MR) is 125 cm³/mol. The smallest absolute Gasteiger partial charge is 0.336 e. The number of thioether (sulfide) groups is 1. The number of carbonyl (C=O) groups excluding carboxylic acids is 1. The van der Waals surface area contributed by atoms with E-state index >= 15 is 0 Å². The van der Waals surface area contributed by atoms with Crippen molar-refractivity contribution < 1.29 is 14.7 Å². The van der Waals surface area contributed by atoms with E-state index in [1.165, 1.54) is 21.7 Å². The number of rotatable bonds is 4. The fourth-order valence-electron chi connectivity index (χ4n) is 3.43. The number of aromatic nitrogens is 2. The van der Waals surface area contributed by atoms with Crippen LogP contribution in [0.4, 0.5) is 5.69 Å². The van der Waals surface area contributed by atoms with Crippen LogP contribution in [0.5, 0.6) is 0 Å². The van der Waals surface area contributed by atoms with Crippen molar-refractivity contribution in [2.45, 2.75) is 6.92 Å². The second-order valence-corrected chi connectivity index (χ2v) is 8.50. The molecule has 1 amide bonds. The molecule has 7 nitrogen and oxygen atoms in total. The molecule has 9 heteroatoms. The lowest BCUT2D eigenvalue weighted by Crippen LogP contribution is -2.33. The summed E-state index contributed by atoms with van der Waals surface area (Å²) >= 11 is 6.46. The minimum Gasteiger partial charge on any atom is -0.478 e. The number of hydrogen-bond donors (Lipinski definition) is 1. The average molecular weight is 452 g/mol. The summed E-state index contributed by atoms with van der Waals surface area (Å²) in [5.74, 6) is -1.55. The number of carboxylic acid groups (broad SMARTS) is 1. The summed E-state index contributed by atoms with van der Waals surface area (Å²) in [4.78, 5) is 39.5. The molecule has 156 valence electrons. The van der Waals surface area contributed by atoms with Gasteiger partial charge in [-0.05, 0) is 36.8 Å². The Kier molecular flexibility index (Phi) is 5.38. The van der Waals surface area contributed by atoms with Crippen LogP contribution in [0.1, 0.15) is 21.6 Å². The number of para-hydroxylation sites is 1. The summed E-state index contributed by atoms with van der Waals surface area (Å²) in [5.41, 5.74) is 1.54. The Balaban J connectivity index is 1.80. The van der Waals surface area contributed by atoms with Crippen molar-refractivity contribution >= 4 is 51.9 Å². The van der Waals surface area contributed by atoms with E-state index in [4.69, 9.17) is 12.2 Å². The van der Waals surface area contributed by atoms with Crippen LogP contribution >= 0.6 is 24.0 Å². The Morgan fingerprint density at radius 2 is 1.71 bits per heavy atom. The van der Waals surface area contributed by atoms with E-state index in [1.807, 2.05) is 18.2 Å². The molecule has 2 heterocycles. The number of amides is 1. The van der Waals surface area contributed by atoms with E-state index in [-0.39, 0.29) is 26.0 Å². The molecule has 0 unspecified atom stereocenters. The molecule has 1 saturated heterocycles. The molecule has 0 saturated carbocycles. The largest absolute Gasteiger partial charge is 0.478 e. The van der Waals surface area contributed by atoms with Crippen molar-refractivity contribution in [2.75, 3.05) is 4.90 Å². The molecule has 2 aromatic carbocycles. The van der Waals surface area contributed by atoms with Crippen molar-refractivity contribution in [3.63, 3.8) is 0 Å². The first-order valence-corrected chi connectivity index (χ1v) is 10.5. The average Bonchev–Trinajstić information content (AvgIpc) is 3.14. The van der Waals surface area contributed by atoms with Gasteiger partial charge in [-0.1, -0.05) is 60.4 Å². The zero-order valence-electron chi connectivity index (χ0n) is 16.6. The quantitative estimate of drug-likeness (QED) is 0.482. The lowest BCUT2D eigenvalue weighted by atomic mass is 10.1. The summed E-state index contributed by atoms with van der Waals surface area (Å²) in [6, 6.07) is 15.5. The normalized spacial score (nSPS) is 15.2. The molecule has 0 radical (unpaired) electrons. The number of anilines is 1. The van der Waals surface area contributed by atoms with Crippen LogP contribution in [0.15, 0.2) is 64.3 Å². The van der Waals surface area contributed by atoms with E-state index in [0.717, 1.165) is 11.8 Å². The number of benzene rings is 2. The van der Waals surface area contributed by atoms with E-state index in [1.54, 1.807) is 49.0 Å². The summed E-state index contributed by atoms with van der Waals surface area (Å²) in [6.45, 7) is 1.75. The first-order chi connectivity index (χ1) is 14.8. The second kappa shape index (κ2) is 8.01. The van der Waals surface area contributed by atoms with Gasteiger partial charge in [-0.25, -0.2) is 9.48 Å². The van der Waals surface area contributed by atoms with Gasteiger partial charge in [0.25, 0.3) is 11.5 Å². The van der Waals surface area contributed by atoms with Gasteiger partial charge in [0.05, 0.1) is 21.8 Å². The molecule has 1 aromatic heterocycles. The highest BCUT2D eigenvalue weighted by molar-refractivity contribution is 8.27. The van der Waals surface area contributed by atoms with Gasteiger partial charge in [0.1, 0.15) is 5.69 Å². The van der Waals surface area contributed by atoms with Crippen molar-refractivity contribution in [3.05, 3.63) is 86.7 Å². The lowest BCUT2D eigenvalue weighted by Gasteiger charge is -2.12. The Morgan fingerprint density at radius 1 is 1.06 bits per heavy atom. The topological polar surface area (TPSA) is 84.5 Å². The van der Waals surface area contributed by atoms with Gasteiger partial charge in [-0.3, -0.25) is 19.2 Å². The Morgan fingerprint density at radius 3 is 2.39 bits per heavy atom. The predicted octanol–water partition coefficient (Wildman–Crippen LogP) is 3.59. The van der Waals surface area contributed by atoms with E-state index < -0.39 is 11.9 Å². The van der Waals surface area contributed by atoms with Crippen molar-refractivity contribution in [1.29, 1.82) is 0 Å². The molecule has 0 aliphatic carbocycles. The second-order valence-electron chi connectivity index (χ2n) is 6.82. The number of nitrogens with zero attached hydrogens (tertiary/aromatic N) is 3. The third-order valence-corrected chi connectivity index (χ3v) is 6.32. The monoisotopic (exact) mass is 451 g/mol. The van der Waals surface area contributed by atoms with Crippen molar-refractivity contribution in [3.8, 4) is 5.69 Å². The zero-order valence-corrected chi connectivity index (χ0v) is 18.2. The zero-order chi connectivity index (χ0) is 22.3. The van der Waals surface area contributed by atoms with E-state index in [2.05, 4.69) is 0 Å². The fraction of sp³-hybridized carbons (Fsp3) is 0.0909. The Hall–Kier alpha value is -3.43. The van der Waals surface area contributed by atoms with Gasteiger partial charge >= 0.3 is 5.97 Å². The first kappa shape index (κ1) is 20.8. The number of carboxylic acids is 1. The Bertz CT molecular complexity index is 1320. The highest BCUT2D eigenvalue weighted by Gasteiger charge is 2.37. The van der Waals surface area contributed by atoms with Gasteiger partial charge in [0, 0.05) is 7.05 Å². The molecule has 1 N–H and O–H groups in total. The van der Waals surface area contributed by atoms with E-state index in [0.29, 0.717) is 16.9 Å². The van der Waals surface area contributed by atoms with Gasteiger partial charge in [0.2, 0.25) is 0 Å². The maximum Gasteiger partial charge on any atom is 0.336 e. The first-order valence-electron chi connectivity index (χ1n) is 9.25. The molecule has 0 spiro atoms. The molecule has 31 heavy (non-hydrogen) atoms. The molecule has 1 fully saturated rings. The summed E-state index contributed by atoms with van der Waals surface area (Å²) in [5, 5.41) is 9.40. The molecule has 0 atom stereocenters. The minimum atomic E-state index is -1.09. The minimum absolute atomic E-state index is 0.0788. The maximum absolute atomic E-state index is 13.3. The van der Waals surface area contributed by atoms with Crippen molar-refractivity contribution in [2.24, 2.45) is 7.05 Å². The van der Waals surface area contributed by atoms with Crippen LogP contribution in [0.2, 0.25) is 0 Å². The highest BCUT2D eigenvalue weighted by atomic mass is 32.2. The molecular formula is C22H17N3O4S2. The summed E-state index contributed by atoms with van der Waals surface area (Å²) in [6.07, 6.45) is 1.50. The van der Waals surface area contributed by atoms with Crippen LogP contribution in [-0.4, -0.2) is 30.7 Å². The van der Waals surface area contributed by atoms with Crippen molar-refractivity contribution in [1.82, 2.24) is 9.36 Å². The Labute approximate surface area is 187 Å². The van der Waals surface area contributed by atoms with Gasteiger partial charge in [-0.2, -0.15) is 0 Å². The highest BCUT2D eigenvalue weighted by Crippen LogP contribution is 2.36. The molecular weight excluding hydrogens is 434 g/mol.